The van der Waals surface area contributed by atoms with Crippen LogP contribution >= 0.6 is 0 Å². The van der Waals surface area contributed by atoms with Gasteiger partial charge in [0.15, 0.2) is 5.76 Å². The number of hydrogen-bond donors (Lipinski definition) is 1. The first-order valence-corrected chi connectivity index (χ1v) is 8.02. The van der Waals surface area contributed by atoms with Crippen LogP contribution < -0.4 is 5.32 Å². The number of imidazole rings is 1. The lowest BCUT2D eigenvalue weighted by atomic mass is 10.2. The second-order valence-electron chi connectivity index (χ2n) is 5.73. The van der Waals surface area contributed by atoms with Gasteiger partial charge in [-0.3, -0.25) is 4.40 Å². The van der Waals surface area contributed by atoms with Crippen LogP contribution in [-0.4, -0.2) is 14.4 Å². The Bertz CT molecular complexity index is 1140. The first kappa shape index (κ1) is 13.8. The Balaban J connectivity index is 1.72. The van der Waals surface area contributed by atoms with Gasteiger partial charge in [0, 0.05) is 17.8 Å². The van der Waals surface area contributed by atoms with Gasteiger partial charge in [-0.15, -0.1) is 0 Å². The Morgan fingerprint density at radius 1 is 0.920 bits per heavy atom. The number of rotatable bonds is 3. The van der Waals surface area contributed by atoms with Crippen molar-refractivity contribution < 1.29 is 4.42 Å². The van der Waals surface area contributed by atoms with Gasteiger partial charge >= 0.3 is 0 Å². The minimum atomic E-state index is 0.725. The summed E-state index contributed by atoms with van der Waals surface area (Å²) in [4.78, 5) is 9.11. The lowest BCUT2D eigenvalue weighted by Crippen LogP contribution is -1.98. The van der Waals surface area contributed by atoms with E-state index in [9.17, 15) is 0 Å². The molecule has 0 saturated carbocycles. The summed E-state index contributed by atoms with van der Waals surface area (Å²) in [5, 5.41) is 4.42. The summed E-state index contributed by atoms with van der Waals surface area (Å²) in [6.07, 6.45) is 3.73. The van der Waals surface area contributed by atoms with Crippen LogP contribution in [0.15, 0.2) is 83.5 Å². The highest BCUT2D eigenvalue weighted by molar-refractivity contribution is 5.86. The van der Waals surface area contributed by atoms with Gasteiger partial charge in [-0.25, -0.2) is 9.97 Å². The van der Waals surface area contributed by atoms with Crippen molar-refractivity contribution in [1.82, 2.24) is 14.4 Å². The molecule has 4 heterocycles. The molecule has 1 N–H and O–H groups in total. The molecular weight excluding hydrogens is 312 g/mol. The van der Waals surface area contributed by atoms with Crippen LogP contribution in [0.25, 0.3) is 28.1 Å². The molecule has 1 aromatic carbocycles. The van der Waals surface area contributed by atoms with Crippen molar-refractivity contribution in [2.45, 2.75) is 0 Å². The summed E-state index contributed by atoms with van der Waals surface area (Å²) in [6.45, 7) is 0. The zero-order chi connectivity index (χ0) is 16.6. The highest BCUT2D eigenvalue weighted by atomic mass is 16.3. The topological polar surface area (TPSA) is 55.4 Å². The smallest absolute Gasteiger partial charge is 0.157 e. The Morgan fingerprint density at radius 3 is 2.68 bits per heavy atom. The Hall–Kier alpha value is -3.60. The molecule has 0 fully saturated rings. The molecule has 5 nitrogen and oxygen atoms in total. The normalized spacial score (nSPS) is 11.2. The minimum absolute atomic E-state index is 0.725. The predicted octanol–water partition coefficient (Wildman–Crippen LogP) is 4.89. The van der Waals surface area contributed by atoms with Crippen molar-refractivity contribution in [3.8, 4) is 11.5 Å². The Kier molecular flexibility index (Phi) is 3.03. The van der Waals surface area contributed by atoms with E-state index in [4.69, 9.17) is 9.40 Å². The molecule has 4 aromatic heterocycles. The molecule has 0 saturated heterocycles. The summed E-state index contributed by atoms with van der Waals surface area (Å²) in [7, 11) is 0. The van der Waals surface area contributed by atoms with Crippen LogP contribution in [-0.2, 0) is 0 Å². The monoisotopic (exact) mass is 326 g/mol. The number of benzene rings is 1. The predicted molar refractivity (Wildman–Crippen MR) is 97.9 cm³/mol. The number of hydrogen-bond acceptors (Lipinski definition) is 4. The number of anilines is 2. The van der Waals surface area contributed by atoms with E-state index < -0.39 is 0 Å². The maximum absolute atomic E-state index is 6.03. The van der Waals surface area contributed by atoms with Crippen molar-refractivity contribution in [1.29, 1.82) is 0 Å². The van der Waals surface area contributed by atoms with E-state index in [1.807, 2.05) is 77.3 Å². The van der Waals surface area contributed by atoms with Gasteiger partial charge in [-0.05, 0) is 36.4 Å². The summed E-state index contributed by atoms with van der Waals surface area (Å²) < 4.78 is 8.02. The van der Waals surface area contributed by atoms with Gasteiger partial charge < -0.3 is 9.73 Å². The number of fused-ring (bicyclic) bond motifs is 2. The van der Waals surface area contributed by atoms with Crippen molar-refractivity contribution in [3.05, 3.63) is 79.1 Å². The van der Waals surface area contributed by atoms with Crippen LogP contribution in [0.4, 0.5) is 11.6 Å². The van der Waals surface area contributed by atoms with Gasteiger partial charge in [-0.2, -0.15) is 0 Å². The van der Waals surface area contributed by atoms with Gasteiger partial charge in [0.05, 0.1) is 0 Å². The van der Waals surface area contributed by atoms with Gasteiger partial charge in [0.1, 0.15) is 28.6 Å². The molecule has 0 amide bonds. The third kappa shape index (κ3) is 2.33. The molecule has 0 atom stereocenters. The number of nitrogens with one attached hydrogen (secondary N) is 1. The van der Waals surface area contributed by atoms with E-state index in [-0.39, 0.29) is 0 Å². The number of pyridine rings is 2. The number of para-hydroxylation sites is 1. The zero-order valence-electron chi connectivity index (χ0n) is 13.3. The summed E-state index contributed by atoms with van der Waals surface area (Å²) in [6, 6.07) is 21.6. The van der Waals surface area contributed by atoms with E-state index in [0.717, 1.165) is 39.7 Å². The van der Waals surface area contributed by atoms with Crippen LogP contribution in [0.5, 0.6) is 0 Å². The highest BCUT2D eigenvalue weighted by Crippen LogP contribution is 2.34. The standard InChI is InChI=1S/C20H14N4O/c1-2-8-15-14(7-1)13-16(25-15)19-20(22-17-9-3-5-11-21-17)24-12-6-4-10-18(24)23-19/h1-13H,(H,21,22). The Morgan fingerprint density at radius 2 is 1.80 bits per heavy atom. The average molecular weight is 326 g/mol. The molecule has 0 aliphatic carbocycles. The average Bonchev–Trinajstić information content (AvgIpc) is 3.24. The molecule has 5 aromatic rings. The lowest BCUT2D eigenvalue weighted by Gasteiger charge is -2.06. The highest BCUT2D eigenvalue weighted by Gasteiger charge is 2.18. The third-order valence-electron chi connectivity index (χ3n) is 4.10. The lowest BCUT2D eigenvalue weighted by molar-refractivity contribution is 0.629. The Labute approximate surface area is 143 Å². The molecule has 0 spiro atoms. The van der Waals surface area contributed by atoms with Crippen LogP contribution in [0.1, 0.15) is 0 Å². The van der Waals surface area contributed by atoms with Crippen molar-refractivity contribution >= 4 is 28.3 Å². The van der Waals surface area contributed by atoms with Crippen molar-refractivity contribution in [2.24, 2.45) is 0 Å². The SMILES string of the molecule is c1ccc(Nc2c(-c3cc4ccccc4o3)nc3ccccn23)nc1. The third-order valence-corrected chi connectivity index (χ3v) is 4.10. The quantitative estimate of drug-likeness (QED) is 0.513. The minimum Gasteiger partial charge on any atom is -0.454 e. The zero-order valence-corrected chi connectivity index (χ0v) is 13.3. The first-order valence-electron chi connectivity index (χ1n) is 8.02. The maximum atomic E-state index is 6.03. The van der Waals surface area contributed by atoms with Crippen LogP contribution in [0, 0.1) is 0 Å². The van der Waals surface area contributed by atoms with E-state index in [0.29, 0.717) is 0 Å². The summed E-state index contributed by atoms with van der Waals surface area (Å²) in [5.74, 6) is 2.31. The van der Waals surface area contributed by atoms with Gasteiger partial charge in [0.2, 0.25) is 0 Å². The molecule has 25 heavy (non-hydrogen) atoms. The van der Waals surface area contributed by atoms with Crippen molar-refractivity contribution in [2.75, 3.05) is 5.32 Å². The maximum Gasteiger partial charge on any atom is 0.157 e. The fraction of sp³-hybridized carbons (Fsp3) is 0. The fourth-order valence-electron chi connectivity index (χ4n) is 2.94. The molecular formula is C20H14N4O. The molecule has 0 aliphatic rings. The van der Waals surface area contributed by atoms with E-state index in [1.54, 1.807) is 6.20 Å². The number of furan rings is 1. The summed E-state index contributed by atoms with van der Waals surface area (Å²) >= 11 is 0. The number of aromatic nitrogens is 3. The van der Waals surface area contributed by atoms with E-state index in [1.165, 1.54) is 0 Å². The fourth-order valence-corrected chi connectivity index (χ4v) is 2.94. The first-order chi connectivity index (χ1) is 12.4. The molecule has 0 bridgehead atoms. The van der Waals surface area contributed by atoms with Crippen LogP contribution in [0.3, 0.4) is 0 Å². The van der Waals surface area contributed by atoms with E-state index >= 15 is 0 Å². The van der Waals surface area contributed by atoms with Crippen LogP contribution in [0.2, 0.25) is 0 Å². The summed E-state index contributed by atoms with van der Waals surface area (Å²) in [5.41, 5.74) is 2.45. The van der Waals surface area contributed by atoms with Gasteiger partial charge in [0.25, 0.3) is 0 Å². The molecule has 5 heteroatoms. The second kappa shape index (κ2) is 5.49. The van der Waals surface area contributed by atoms with E-state index in [2.05, 4.69) is 10.3 Å². The molecule has 5 rings (SSSR count). The molecule has 0 radical (unpaired) electrons. The number of nitrogens with zero attached hydrogens (tertiary/aromatic N) is 3. The van der Waals surface area contributed by atoms with Crippen molar-refractivity contribution in [3.63, 3.8) is 0 Å². The molecule has 120 valence electrons. The molecule has 0 unspecified atom stereocenters. The largest absolute Gasteiger partial charge is 0.454 e. The second-order valence-corrected chi connectivity index (χ2v) is 5.73. The molecule has 0 aliphatic heterocycles. The van der Waals surface area contributed by atoms with Gasteiger partial charge in [-0.1, -0.05) is 30.3 Å².